The minimum absolute atomic E-state index is 0.0966. The number of hydrogen-bond donors (Lipinski definition) is 2. The third-order valence-corrected chi connectivity index (χ3v) is 2.50. The third-order valence-electron chi connectivity index (χ3n) is 2.50. The van der Waals surface area contributed by atoms with Gasteiger partial charge >= 0.3 is 12.3 Å². The van der Waals surface area contributed by atoms with Gasteiger partial charge in [-0.25, -0.2) is 4.79 Å². The van der Waals surface area contributed by atoms with E-state index in [4.69, 9.17) is 15.1 Å². The van der Waals surface area contributed by atoms with Gasteiger partial charge in [-0.3, -0.25) is 0 Å². The summed E-state index contributed by atoms with van der Waals surface area (Å²) < 4.78 is 45.9. The maximum atomic E-state index is 12.4. The molecular weight excluding hydrogens is 309 g/mol. The molecule has 2 rings (SSSR count). The molecule has 1 aromatic carbocycles. The van der Waals surface area contributed by atoms with Crippen molar-refractivity contribution in [3.05, 3.63) is 41.6 Å². The molecule has 0 aliphatic carbocycles. The van der Waals surface area contributed by atoms with E-state index in [2.05, 4.69) is 9.84 Å². The molecule has 1 aromatic heterocycles. The second-order valence-electron chi connectivity index (χ2n) is 4.00. The van der Waals surface area contributed by atoms with Crippen molar-refractivity contribution >= 4 is 5.97 Å². The van der Waals surface area contributed by atoms with Crippen molar-refractivity contribution < 1.29 is 37.8 Å². The first-order valence-electron chi connectivity index (χ1n) is 5.75. The van der Waals surface area contributed by atoms with Gasteiger partial charge in [-0.1, -0.05) is 11.2 Å². The van der Waals surface area contributed by atoms with Gasteiger partial charge in [0, 0.05) is 11.6 Å². The minimum atomic E-state index is -4.97. The molecule has 0 radical (unpaired) electrons. The van der Waals surface area contributed by atoms with Crippen molar-refractivity contribution in [3.8, 4) is 11.6 Å². The summed E-state index contributed by atoms with van der Waals surface area (Å²) in [5.74, 6) is -2.21. The van der Waals surface area contributed by atoms with Crippen LogP contribution in [0, 0.1) is 0 Å². The van der Waals surface area contributed by atoms with E-state index < -0.39 is 30.3 Å². The first-order chi connectivity index (χ1) is 10.3. The van der Waals surface area contributed by atoms with Gasteiger partial charge in [-0.05, 0) is 12.1 Å². The van der Waals surface area contributed by atoms with Crippen LogP contribution in [0.2, 0.25) is 0 Å². The normalized spacial score (nSPS) is 11.2. The molecule has 22 heavy (non-hydrogen) atoms. The van der Waals surface area contributed by atoms with Crippen LogP contribution in [0.15, 0.2) is 30.5 Å². The number of carboxylic acid groups (broad SMARTS) is 1. The molecule has 0 aliphatic heterocycles. The lowest BCUT2D eigenvalue weighted by Gasteiger charge is -2.15. The molecule has 0 spiro atoms. The molecule has 0 fully saturated rings. The number of alkyl halides is 3. The van der Waals surface area contributed by atoms with Gasteiger partial charge in [0.15, 0.2) is 0 Å². The predicted molar refractivity (Wildman–Crippen MR) is 63.8 cm³/mol. The number of aromatic nitrogens is 2. The highest BCUT2D eigenvalue weighted by Gasteiger charge is 2.33. The Labute approximate surface area is 121 Å². The quantitative estimate of drug-likeness (QED) is 0.822. The summed E-state index contributed by atoms with van der Waals surface area (Å²) in [5.41, 5.74) is -0.704. The lowest BCUT2D eigenvalue weighted by molar-refractivity contribution is -0.275. The van der Waals surface area contributed by atoms with Gasteiger partial charge < -0.3 is 19.8 Å². The van der Waals surface area contributed by atoms with Gasteiger partial charge in [0.1, 0.15) is 12.4 Å². The molecule has 1 heterocycles. The van der Waals surface area contributed by atoms with Crippen molar-refractivity contribution in [1.29, 1.82) is 0 Å². The maximum Gasteiger partial charge on any atom is 0.573 e. The van der Waals surface area contributed by atoms with Gasteiger partial charge in [0.05, 0.1) is 11.8 Å². The predicted octanol–water partition coefficient (Wildman–Crippen LogP) is 2.30. The second-order valence-corrected chi connectivity index (χ2v) is 4.00. The van der Waals surface area contributed by atoms with Gasteiger partial charge in [-0.2, -0.15) is 0 Å². The topological polar surface area (TPSA) is 93.8 Å². The highest BCUT2D eigenvalue weighted by Crippen LogP contribution is 2.29. The molecule has 0 unspecified atom stereocenters. The molecule has 7 nitrogen and oxygen atoms in total. The number of rotatable bonds is 5. The number of carboxylic acids is 1. The highest BCUT2D eigenvalue weighted by molar-refractivity contribution is 5.90. The number of ether oxygens (including phenoxy) is 2. The smallest absolute Gasteiger partial charge is 0.478 e. The second kappa shape index (κ2) is 5.84. The number of hydrogen-bond acceptors (Lipinski definition) is 5. The van der Waals surface area contributed by atoms with Crippen LogP contribution in [0.5, 0.6) is 11.6 Å². The summed E-state index contributed by atoms with van der Waals surface area (Å²) in [6.45, 7) is -0.537. The maximum absolute atomic E-state index is 12.4. The van der Waals surface area contributed by atoms with E-state index in [1.807, 2.05) is 0 Å². The zero-order valence-electron chi connectivity index (χ0n) is 10.7. The van der Waals surface area contributed by atoms with Crippen LogP contribution in [0.3, 0.4) is 0 Å². The SMILES string of the molecule is O=C(O)c1cccc(OC(F)(F)F)c1COc1ccn(O)n1. The van der Waals surface area contributed by atoms with Crippen molar-refractivity contribution in [3.63, 3.8) is 0 Å². The third kappa shape index (κ3) is 3.81. The van der Waals surface area contributed by atoms with Gasteiger partial charge in [-0.15, -0.1) is 18.0 Å². The van der Waals surface area contributed by atoms with Crippen molar-refractivity contribution in [2.75, 3.05) is 0 Å². The number of benzene rings is 1. The summed E-state index contributed by atoms with van der Waals surface area (Å²) >= 11 is 0. The fourth-order valence-corrected chi connectivity index (χ4v) is 1.66. The lowest BCUT2D eigenvalue weighted by Crippen LogP contribution is -2.19. The van der Waals surface area contributed by atoms with Crippen LogP contribution >= 0.6 is 0 Å². The van der Waals surface area contributed by atoms with Crippen LogP contribution in [0.1, 0.15) is 15.9 Å². The first kappa shape index (κ1) is 15.5. The molecule has 0 saturated heterocycles. The van der Waals surface area contributed by atoms with Crippen molar-refractivity contribution in [2.45, 2.75) is 13.0 Å². The zero-order chi connectivity index (χ0) is 16.3. The Bertz CT molecular complexity index is 684. The highest BCUT2D eigenvalue weighted by atomic mass is 19.4. The van der Waals surface area contributed by atoms with Crippen LogP contribution in [-0.2, 0) is 6.61 Å². The molecule has 118 valence electrons. The summed E-state index contributed by atoms with van der Waals surface area (Å²) in [4.78, 5) is 11.5. The fourth-order valence-electron chi connectivity index (χ4n) is 1.66. The Kier molecular flexibility index (Phi) is 4.11. The summed E-state index contributed by atoms with van der Waals surface area (Å²) in [6.07, 6.45) is -3.84. The molecule has 2 N–H and O–H groups in total. The zero-order valence-corrected chi connectivity index (χ0v) is 10.7. The van der Waals surface area contributed by atoms with E-state index in [1.165, 1.54) is 6.07 Å². The number of carbonyl (C=O) groups is 1. The monoisotopic (exact) mass is 318 g/mol. The van der Waals surface area contributed by atoms with E-state index in [-0.39, 0.29) is 11.4 Å². The average Bonchev–Trinajstić information content (AvgIpc) is 2.81. The Balaban J connectivity index is 2.30. The lowest BCUT2D eigenvalue weighted by atomic mass is 10.1. The van der Waals surface area contributed by atoms with E-state index in [9.17, 15) is 18.0 Å². The Morgan fingerprint density at radius 2 is 2.05 bits per heavy atom. The van der Waals surface area contributed by atoms with E-state index in [0.717, 1.165) is 24.4 Å². The molecular formula is C12H9F3N2O5. The minimum Gasteiger partial charge on any atom is -0.478 e. The largest absolute Gasteiger partial charge is 0.573 e. The molecule has 0 atom stereocenters. The first-order valence-corrected chi connectivity index (χ1v) is 5.75. The molecule has 0 saturated carbocycles. The average molecular weight is 318 g/mol. The van der Waals surface area contributed by atoms with Crippen LogP contribution in [-0.4, -0.2) is 32.6 Å². The summed E-state index contributed by atoms with van der Waals surface area (Å²) in [5, 5.41) is 21.4. The van der Waals surface area contributed by atoms with Gasteiger partial charge in [0.25, 0.3) is 0 Å². The molecule has 10 heteroatoms. The fraction of sp³-hybridized carbons (Fsp3) is 0.167. The van der Waals surface area contributed by atoms with E-state index in [1.54, 1.807) is 0 Å². The van der Waals surface area contributed by atoms with Crippen molar-refractivity contribution in [2.24, 2.45) is 0 Å². The van der Waals surface area contributed by atoms with Gasteiger partial charge in [0.2, 0.25) is 5.88 Å². The number of halogens is 3. The standard InChI is InChI=1S/C12H9F3N2O5/c13-12(14,15)22-9-3-1-2-7(11(18)19)8(9)6-21-10-4-5-17(20)16-10/h1-5,20H,6H2,(H,18,19). The molecule has 0 amide bonds. The molecule has 2 aromatic rings. The molecule has 0 bridgehead atoms. The van der Waals surface area contributed by atoms with E-state index in [0.29, 0.717) is 4.85 Å². The van der Waals surface area contributed by atoms with E-state index >= 15 is 0 Å². The number of aromatic carboxylic acids is 1. The molecule has 0 aliphatic rings. The van der Waals surface area contributed by atoms with Crippen molar-refractivity contribution in [1.82, 2.24) is 9.94 Å². The summed E-state index contributed by atoms with van der Waals surface area (Å²) in [6, 6.07) is 4.46. The van der Waals surface area contributed by atoms with Crippen LogP contribution < -0.4 is 9.47 Å². The summed E-state index contributed by atoms with van der Waals surface area (Å²) in [7, 11) is 0. The Hall–Kier alpha value is -2.91. The van der Waals surface area contributed by atoms with Crippen LogP contribution in [0.4, 0.5) is 13.2 Å². The Morgan fingerprint density at radius 3 is 2.59 bits per heavy atom. The number of nitrogens with zero attached hydrogens (tertiary/aromatic N) is 2. The Morgan fingerprint density at radius 1 is 1.32 bits per heavy atom. The van der Waals surface area contributed by atoms with Crippen LogP contribution in [0.25, 0.3) is 0 Å².